The van der Waals surface area contributed by atoms with Gasteiger partial charge < -0.3 is 14.4 Å². The molecule has 10 aromatic rings. The molecule has 2 aliphatic heterocycles. The fraction of sp³-hybridized carbons (Fsp3) is 0.143. The summed E-state index contributed by atoms with van der Waals surface area (Å²) >= 11 is 0. The van der Waals surface area contributed by atoms with Crippen molar-refractivity contribution in [2.24, 2.45) is 0 Å². The van der Waals surface area contributed by atoms with E-state index < -0.39 is 8.07 Å². The van der Waals surface area contributed by atoms with Gasteiger partial charge in [0, 0.05) is 50.7 Å². The summed E-state index contributed by atoms with van der Waals surface area (Å²) in [5, 5.41) is 7.48. The summed E-state index contributed by atoms with van der Waals surface area (Å²) in [6.07, 6.45) is 1.97. The van der Waals surface area contributed by atoms with Crippen LogP contribution in [-0.2, 0) is 38.4 Å². The van der Waals surface area contributed by atoms with Gasteiger partial charge >= 0.3 is 0 Å². The molecule has 0 N–H and O–H groups in total. The zero-order valence-corrected chi connectivity index (χ0v) is 43.1. The maximum Gasteiger partial charge on any atom is 0.135 e. The van der Waals surface area contributed by atoms with Gasteiger partial charge in [0.2, 0.25) is 0 Å². The first kappa shape index (κ1) is 44.7. The molecule has 0 saturated heterocycles. The van der Waals surface area contributed by atoms with Gasteiger partial charge in [0.25, 0.3) is 0 Å². The summed E-state index contributed by atoms with van der Waals surface area (Å²) < 4.78 is 2.37. The number of para-hydroxylation sites is 2. The second kappa shape index (κ2) is 17.0. The minimum absolute atomic E-state index is 0. The van der Waals surface area contributed by atoms with Crippen LogP contribution in [0.25, 0.3) is 49.9 Å². The van der Waals surface area contributed by atoms with Crippen molar-refractivity contribution >= 4 is 67.7 Å². The predicted octanol–water partition coefficient (Wildman–Crippen LogP) is 12.7. The maximum absolute atomic E-state index is 5.13. The summed E-state index contributed by atoms with van der Waals surface area (Å²) in [6, 6.07) is 78.2. The first-order valence-electron chi connectivity index (χ1n) is 23.8. The molecular formula is C63H53N4PtSi-3. The van der Waals surface area contributed by atoms with Gasteiger partial charge in [-0.25, -0.2) is 4.98 Å². The number of hydrogen-bond acceptors (Lipinski definition) is 3. The van der Waals surface area contributed by atoms with E-state index in [1.54, 1.807) is 0 Å². The number of pyridine rings is 1. The van der Waals surface area contributed by atoms with E-state index in [1.165, 1.54) is 70.6 Å². The Bertz CT molecular complexity index is 3520. The third kappa shape index (κ3) is 7.41. The van der Waals surface area contributed by atoms with Crippen molar-refractivity contribution in [2.45, 2.75) is 58.9 Å². The first-order valence-corrected chi connectivity index (χ1v) is 25.8. The van der Waals surface area contributed by atoms with Gasteiger partial charge in [0.15, 0.2) is 0 Å². The topological polar surface area (TPSA) is 24.3 Å². The molecule has 12 rings (SSSR count). The fourth-order valence-electron chi connectivity index (χ4n) is 10.8. The smallest absolute Gasteiger partial charge is 0.135 e. The Hall–Kier alpha value is -6.78. The average Bonchev–Trinajstić information content (AvgIpc) is 4.00. The molecule has 0 saturated carbocycles. The molecule has 4 nitrogen and oxygen atoms in total. The SMILES string of the molecule is CC(C)(C)c1ccnc(-n2c3[c-]c([Si]4(c5[c-]c(N6[CH-]N(Cc7ccccc7)c7ccccc76)cc(-c6ccccc6)c5)c5ccccc5-c5ccccc54)ccc3c3cc(C(C)(C)C)ccc32)c1.[Pt]. The summed E-state index contributed by atoms with van der Waals surface area (Å²) in [4.78, 5) is 9.85. The minimum Gasteiger partial charge on any atom is -0.498 e. The van der Waals surface area contributed by atoms with Crippen LogP contribution in [0.1, 0.15) is 58.2 Å². The van der Waals surface area contributed by atoms with E-state index in [2.05, 4.69) is 263 Å². The van der Waals surface area contributed by atoms with E-state index in [4.69, 9.17) is 4.98 Å². The standard InChI is InChI=1S/C63H53N4Si.Pt/c1-62(2,3)46-29-32-55-54(37-46)51-31-30-49(40-58(51)67(55)61-38-47(33-34-64-61)63(4,5)6)68(59-27-17-13-23-52(59)53-24-14-18-28-60(53)68)50-36-45(44-21-11-8-12-22-44)35-48(39-50)66-42-65(41-43-19-9-7-10-20-43)56-25-15-16-26-57(56)66;/h7-38,42H,41H2,1-6H3;/q-3;. The van der Waals surface area contributed by atoms with Crippen molar-refractivity contribution in [2.75, 3.05) is 9.80 Å². The van der Waals surface area contributed by atoms with Crippen LogP contribution in [0.15, 0.2) is 194 Å². The molecule has 2 aromatic heterocycles. The fourth-order valence-corrected chi connectivity index (χ4v) is 15.8. The largest absolute Gasteiger partial charge is 0.498 e. The van der Waals surface area contributed by atoms with Gasteiger partial charge in [-0.05, 0) is 90.3 Å². The number of hydrogen-bond donors (Lipinski definition) is 0. The normalized spacial score (nSPS) is 13.9. The average molecular weight is 1090 g/mol. The monoisotopic (exact) mass is 1090 g/mol. The van der Waals surface area contributed by atoms with E-state index in [-0.39, 0.29) is 31.9 Å². The Labute approximate surface area is 422 Å². The molecule has 0 amide bonds. The quantitative estimate of drug-likeness (QED) is 0.117. The predicted molar refractivity (Wildman–Crippen MR) is 287 cm³/mol. The molecule has 342 valence electrons. The molecule has 2 aliphatic rings. The molecule has 0 radical (unpaired) electrons. The Morgan fingerprint density at radius 1 is 0.536 bits per heavy atom. The van der Waals surface area contributed by atoms with E-state index in [9.17, 15) is 0 Å². The second-order valence-corrected chi connectivity index (χ2v) is 24.2. The Balaban J connectivity index is 0.00000520. The summed E-state index contributed by atoms with van der Waals surface area (Å²) in [5.41, 5.74) is 14.1. The Morgan fingerprint density at radius 3 is 1.86 bits per heavy atom. The molecule has 0 fully saturated rings. The Kier molecular flexibility index (Phi) is 11.0. The van der Waals surface area contributed by atoms with Crippen molar-refractivity contribution in [1.29, 1.82) is 0 Å². The number of aromatic nitrogens is 2. The van der Waals surface area contributed by atoms with Crippen LogP contribution in [0.2, 0.25) is 0 Å². The number of anilines is 3. The number of nitrogens with zero attached hydrogens (tertiary/aromatic N) is 4. The van der Waals surface area contributed by atoms with E-state index in [0.717, 1.165) is 40.3 Å². The van der Waals surface area contributed by atoms with Gasteiger partial charge in [-0.15, -0.1) is 22.7 Å². The Morgan fingerprint density at radius 2 is 1.16 bits per heavy atom. The minimum atomic E-state index is -3.21. The maximum atomic E-state index is 5.13. The number of rotatable bonds is 7. The summed E-state index contributed by atoms with van der Waals surface area (Å²) in [5.74, 6) is 0.903. The first-order chi connectivity index (χ1) is 33.0. The molecule has 0 atom stereocenters. The van der Waals surface area contributed by atoms with Gasteiger partial charge in [-0.2, -0.15) is 47.4 Å². The molecule has 0 spiro atoms. The molecule has 0 unspecified atom stereocenters. The van der Waals surface area contributed by atoms with Crippen molar-refractivity contribution in [3.8, 4) is 28.1 Å². The van der Waals surface area contributed by atoms with Crippen molar-refractivity contribution in [3.05, 3.63) is 230 Å². The second-order valence-electron chi connectivity index (χ2n) is 20.6. The van der Waals surface area contributed by atoms with Gasteiger partial charge in [-0.3, -0.25) is 0 Å². The molecule has 6 heteroatoms. The van der Waals surface area contributed by atoms with Crippen molar-refractivity contribution in [3.63, 3.8) is 0 Å². The van der Waals surface area contributed by atoms with Crippen LogP contribution < -0.4 is 30.5 Å². The van der Waals surface area contributed by atoms with Crippen molar-refractivity contribution < 1.29 is 21.1 Å². The van der Waals surface area contributed by atoms with Crippen LogP contribution in [0, 0.1) is 18.8 Å². The summed E-state index contributed by atoms with van der Waals surface area (Å²) in [7, 11) is -3.21. The number of fused-ring (bicyclic) bond motifs is 7. The van der Waals surface area contributed by atoms with Crippen LogP contribution >= 0.6 is 0 Å². The van der Waals surface area contributed by atoms with Crippen LogP contribution in [-0.4, -0.2) is 17.6 Å². The molecule has 4 heterocycles. The van der Waals surface area contributed by atoms with E-state index in [0.29, 0.717) is 0 Å². The van der Waals surface area contributed by atoms with Crippen LogP contribution in [0.5, 0.6) is 0 Å². The molecule has 0 bridgehead atoms. The number of benzene rings is 8. The van der Waals surface area contributed by atoms with Crippen LogP contribution in [0.3, 0.4) is 0 Å². The van der Waals surface area contributed by atoms with Crippen molar-refractivity contribution in [1.82, 2.24) is 9.55 Å². The summed E-state index contributed by atoms with van der Waals surface area (Å²) in [6.45, 7) is 16.7. The third-order valence-electron chi connectivity index (χ3n) is 14.3. The van der Waals surface area contributed by atoms with E-state index >= 15 is 0 Å². The molecule has 8 aromatic carbocycles. The third-order valence-corrected chi connectivity index (χ3v) is 18.9. The van der Waals surface area contributed by atoms with Gasteiger partial charge in [-0.1, -0.05) is 181 Å². The van der Waals surface area contributed by atoms with Gasteiger partial charge in [0.05, 0.1) is 0 Å². The van der Waals surface area contributed by atoms with Crippen LogP contribution in [0.4, 0.5) is 17.1 Å². The zero-order valence-electron chi connectivity index (χ0n) is 39.9. The molecule has 0 aliphatic carbocycles. The molecule has 69 heavy (non-hydrogen) atoms. The van der Waals surface area contributed by atoms with E-state index in [1.807, 2.05) is 6.20 Å². The van der Waals surface area contributed by atoms with Gasteiger partial charge in [0.1, 0.15) is 13.9 Å². The molecular weight excluding hydrogens is 1040 g/mol. The zero-order chi connectivity index (χ0) is 46.4.